The van der Waals surface area contributed by atoms with Gasteiger partial charge in [-0.3, -0.25) is 9.59 Å². The highest BCUT2D eigenvalue weighted by Gasteiger charge is 2.45. The number of nitrogens with zero attached hydrogens (tertiary/aromatic N) is 3. The standard InChI is InChI=1S/C15H23N3O2/c19-14-5-9-18(15(20)12-2-1-6-17(12)14)13-10-16-7-3-11(13)4-8-16/h11-13H,1-10H2. The van der Waals surface area contributed by atoms with Crippen LogP contribution in [0.15, 0.2) is 0 Å². The van der Waals surface area contributed by atoms with Crippen molar-refractivity contribution in [1.29, 1.82) is 0 Å². The average molecular weight is 277 g/mol. The number of piperidine rings is 3. The molecule has 0 aromatic carbocycles. The fraction of sp³-hybridized carbons (Fsp3) is 0.867. The molecule has 5 heterocycles. The van der Waals surface area contributed by atoms with Gasteiger partial charge in [0.05, 0.1) is 0 Å². The molecule has 0 spiro atoms. The van der Waals surface area contributed by atoms with E-state index in [-0.39, 0.29) is 17.9 Å². The van der Waals surface area contributed by atoms with E-state index in [0.717, 1.165) is 25.9 Å². The summed E-state index contributed by atoms with van der Waals surface area (Å²) in [7, 11) is 0. The number of carbonyl (C=O) groups excluding carboxylic acids is 2. The lowest BCUT2D eigenvalue weighted by atomic mass is 9.83. The van der Waals surface area contributed by atoms with Gasteiger partial charge in [0.1, 0.15) is 6.04 Å². The minimum absolute atomic E-state index is 0.152. The maximum absolute atomic E-state index is 12.9. The second kappa shape index (κ2) is 4.72. The van der Waals surface area contributed by atoms with Gasteiger partial charge in [0.15, 0.2) is 0 Å². The van der Waals surface area contributed by atoms with E-state index in [1.54, 1.807) is 0 Å². The van der Waals surface area contributed by atoms with Crippen molar-refractivity contribution in [2.24, 2.45) is 5.92 Å². The Morgan fingerprint density at radius 1 is 0.900 bits per heavy atom. The predicted molar refractivity (Wildman–Crippen MR) is 74.0 cm³/mol. The molecule has 5 saturated heterocycles. The van der Waals surface area contributed by atoms with Crippen molar-refractivity contribution in [3.63, 3.8) is 0 Å². The van der Waals surface area contributed by atoms with Gasteiger partial charge in [-0.25, -0.2) is 0 Å². The Morgan fingerprint density at radius 3 is 2.40 bits per heavy atom. The van der Waals surface area contributed by atoms with E-state index >= 15 is 0 Å². The number of amides is 2. The van der Waals surface area contributed by atoms with Crippen molar-refractivity contribution in [3.8, 4) is 0 Å². The number of fused-ring (bicyclic) bond motifs is 4. The molecule has 5 aliphatic heterocycles. The predicted octanol–water partition coefficient (Wildman–Crippen LogP) is 0.304. The van der Waals surface area contributed by atoms with Gasteiger partial charge >= 0.3 is 0 Å². The van der Waals surface area contributed by atoms with E-state index < -0.39 is 0 Å². The van der Waals surface area contributed by atoms with Crippen molar-refractivity contribution >= 4 is 11.8 Å². The molecule has 0 aromatic rings. The van der Waals surface area contributed by atoms with Crippen LogP contribution >= 0.6 is 0 Å². The van der Waals surface area contributed by atoms with Crippen LogP contribution in [0.4, 0.5) is 0 Å². The third kappa shape index (κ3) is 1.86. The van der Waals surface area contributed by atoms with E-state index in [2.05, 4.69) is 9.80 Å². The Kier molecular flexibility index (Phi) is 2.98. The van der Waals surface area contributed by atoms with E-state index in [1.807, 2.05) is 4.90 Å². The molecule has 5 nitrogen and oxygen atoms in total. The highest BCUT2D eigenvalue weighted by molar-refractivity contribution is 5.90. The van der Waals surface area contributed by atoms with E-state index in [9.17, 15) is 9.59 Å². The first-order valence-corrected chi connectivity index (χ1v) is 8.06. The van der Waals surface area contributed by atoms with Crippen LogP contribution < -0.4 is 0 Å². The van der Waals surface area contributed by atoms with Crippen molar-refractivity contribution in [2.75, 3.05) is 32.7 Å². The Labute approximate surface area is 119 Å². The molecule has 0 saturated carbocycles. The van der Waals surface area contributed by atoms with Gasteiger partial charge in [-0.1, -0.05) is 0 Å². The smallest absolute Gasteiger partial charge is 0.245 e. The molecule has 5 fully saturated rings. The normalized spacial score (nSPS) is 41.0. The van der Waals surface area contributed by atoms with E-state index in [4.69, 9.17) is 0 Å². The monoisotopic (exact) mass is 277 g/mol. The van der Waals surface area contributed by atoms with Gasteiger partial charge in [0, 0.05) is 32.1 Å². The summed E-state index contributed by atoms with van der Waals surface area (Å²) in [5, 5.41) is 0. The first-order chi connectivity index (χ1) is 9.74. The maximum Gasteiger partial charge on any atom is 0.245 e. The van der Waals surface area contributed by atoms with Gasteiger partial charge in [-0.2, -0.15) is 0 Å². The zero-order valence-corrected chi connectivity index (χ0v) is 12.0. The zero-order valence-electron chi connectivity index (χ0n) is 12.0. The van der Waals surface area contributed by atoms with Gasteiger partial charge in [0.25, 0.3) is 0 Å². The fourth-order valence-corrected chi connectivity index (χ4v) is 4.60. The quantitative estimate of drug-likeness (QED) is 0.692. The maximum atomic E-state index is 12.9. The van der Waals surface area contributed by atoms with E-state index in [1.165, 1.54) is 25.9 Å². The number of carbonyl (C=O) groups is 2. The molecule has 2 unspecified atom stereocenters. The molecular weight excluding hydrogens is 254 g/mol. The molecular formula is C15H23N3O2. The van der Waals surface area contributed by atoms with Crippen LogP contribution in [-0.2, 0) is 9.59 Å². The van der Waals surface area contributed by atoms with Crippen LogP contribution in [0, 0.1) is 5.92 Å². The minimum Gasteiger partial charge on any atom is -0.336 e. The number of hydrogen-bond donors (Lipinski definition) is 0. The Morgan fingerprint density at radius 2 is 1.70 bits per heavy atom. The van der Waals surface area contributed by atoms with Crippen molar-refractivity contribution < 1.29 is 9.59 Å². The van der Waals surface area contributed by atoms with Crippen LogP contribution in [0.3, 0.4) is 0 Å². The van der Waals surface area contributed by atoms with Crippen LogP contribution in [0.2, 0.25) is 0 Å². The minimum atomic E-state index is -0.152. The van der Waals surface area contributed by atoms with Crippen LogP contribution in [0.5, 0.6) is 0 Å². The summed E-state index contributed by atoms with van der Waals surface area (Å²) < 4.78 is 0. The molecule has 5 heteroatoms. The molecule has 5 rings (SSSR count). The van der Waals surface area contributed by atoms with Crippen LogP contribution in [0.25, 0.3) is 0 Å². The summed E-state index contributed by atoms with van der Waals surface area (Å²) in [4.78, 5) is 31.4. The summed E-state index contributed by atoms with van der Waals surface area (Å²) >= 11 is 0. The fourth-order valence-electron chi connectivity index (χ4n) is 4.60. The summed E-state index contributed by atoms with van der Waals surface area (Å²) in [5.41, 5.74) is 0. The molecule has 0 aromatic heterocycles. The summed E-state index contributed by atoms with van der Waals surface area (Å²) in [6, 6.07) is 0.207. The van der Waals surface area contributed by atoms with Gasteiger partial charge < -0.3 is 14.7 Å². The molecule has 0 N–H and O–H groups in total. The SMILES string of the molecule is O=C1CCN(C2CN3CCC2CC3)C(=O)C2CCCN12. The first kappa shape index (κ1) is 12.6. The van der Waals surface area contributed by atoms with Crippen LogP contribution in [0.1, 0.15) is 32.1 Å². The molecule has 2 atom stereocenters. The number of hydrogen-bond acceptors (Lipinski definition) is 3. The highest BCUT2D eigenvalue weighted by Crippen LogP contribution is 2.33. The van der Waals surface area contributed by atoms with Crippen molar-refractivity contribution in [2.45, 2.75) is 44.2 Å². The first-order valence-electron chi connectivity index (χ1n) is 8.06. The average Bonchev–Trinajstić information content (AvgIpc) is 2.94. The lowest BCUT2D eigenvalue weighted by molar-refractivity contribution is -0.143. The Bertz CT molecular complexity index is 431. The molecule has 0 radical (unpaired) electrons. The topological polar surface area (TPSA) is 43.9 Å². The second-order valence-corrected chi connectivity index (χ2v) is 6.73. The second-order valence-electron chi connectivity index (χ2n) is 6.73. The van der Waals surface area contributed by atoms with Gasteiger partial charge in [0.2, 0.25) is 11.8 Å². The Balaban J connectivity index is 1.58. The summed E-state index contributed by atoms with van der Waals surface area (Å²) in [6.45, 7) is 4.83. The van der Waals surface area contributed by atoms with Crippen LogP contribution in [-0.4, -0.2) is 71.3 Å². The molecule has 5 aliphatic rings. The molecule has 2 amide bonds. The van der Waals surface area contributed by atoms with Crippen molar-refractivity contribution in [3.05, 3.63) is 0 Å². The highest BCUT2D eigenvalue weighted by atomic mass is 16.2. The largest absolute Gasteiger partial charge is 0.336 e. The van der Waals surface area contributed by atoms with E-state index in [0.29, 0.717) is 24.9 Å². The van der Waals surface area contributed by atoms with Gasteiger partial charge in [-0.05, 0) is 44.7 Å². The lowest BCUT2D eigenvalue weighted by Gasteiger charge is -2.49. The molecule has 20 heavy (non-hydrogen) atoms. The zero-order chi connectivity index (χ0) is 13.7. The molecule has 2 bridgehead atoms. The summed E-state index contributed by atoms with van der Waals surface area (Å²) in [5.74, 6) is 1.07. The third-order valence-corrected chi connectivity index (χ3v) is 5.73. The molecule has 110 valence electrons. The van der Waals surface area contributed by atoms with Gasteiger partial charge in [-0.15, -0.1) is 0 Å². The number of rotatable bonds is 1. The third-order valence-electron chi connectivity index (χ3n) is 5.73. The lowest BCUT2D eigenvalue weighted by Crippen LogP contribution is -2.60. The summed E-state index contributed by atoms with van der Waals surface area (Å²) in [6.07, 6.45) is 4.80. The molecule has 0 aliphatic carbocycles. The van der Waals surface area contributed by atoms with Crippen molar-refractivity contribution in [1.82, 2.24) is 14.7 Å². The Hall–Kier alpha value is -1.10.